The van der Waals surface area contributed by atoms with E-state index >= 15 is 0 Å². The topological polar surface area (TPSA) is 113 Å². The molecule has 0 aliphatic rings. The van der Waals surface area contributed by atoms with Crippen LogP contribution in [0.2, 0.25) is 0 Å². The number of benzene rings is 2. The third kappa shape index (κ3) is 3.35. The first-order valence-electron chi connectivity index (χ1n) is 6.62. The Hall–Kier alpha value is -2.94. The molecular weight excluding hydrogens is 338 g/mol. The average molecular weight is 351 g/mol. The van der Waals surface area contributed by atoms with Gasteiger partial charge in [0.2, 0.25) is 11.5 Å². The summed E-state index contributed by atoms with van der Waals surface area (Å²) in [4.78, 5) is 21.3. The van der Waals surface area contributed by atoms with E-state index in [1.807, 2.05) is 0 Å². The quantitative estimate of drug-likeness (QED) is 0.340. The van der Waals surface area contributed by atoms with Crippen LogP contribution in [0.1, 0.15) is 15.9 Å². The van der Waals surface area contributed by atoms with Gasteiger partial charge in [0.1, 0.15) is 4.90 Å². The molecule has 0 saturated carbocycles. The molecule has 9 heteroatoms. The Balaban J connectivity index is 2.59. The van der Waals surface area contributed by atoms with E-state index in [0.29, 0.717) is 6.29 Å². The number of nitrogens with zero attached hydrogens (tertiary/aromatic N) is 1. The van der Waals surface area contributed by atoms with Crippen LogP contribution in [0.3, 0.4) is 0 Å². The highest BCUT2D eigenvalue weighted by Crippen LogP contribution is 2.40. The number of methoxy groups -OCH3 is 1. The van der Waals surface area contributed by atoms with E-state index in [2.05, 4.69) is 0 Å². The van der Waals surface area contributed by atoms with E-state index in [4.69, 9.17) is 8.92 Å². The fourth-order valence-electron chi connectivity index (χ4n) is 1.95. The summed E-state index contributed by atoms with van der Waals surface area (Å²) in [5.41, 5.74) is 0.140. The van der Waals surface area contributed by atoms with E-state index in [1.54, 1.807) is 19.1 Å². The van der Waals surface area contributed by atoms with Gasteiger partial charge in [-0.2, -0.15) is 8.42 Å². The van der Waals surface area contributed by atoms with Crippen molar-refractivity contribution < 1.29 is 27.1 Å². The molecule has 0 unspecified atom stereocenters. The molecule has 0 radical (unpaired) electrons. The number of rotatable bonds is 6. The van der Waals surface area contributed by atoms with Gasteiger partial charge in [-0.1, -0.05) is 17.7 Å². The first-order valence-corrected chi connectivity index (χ1v) is 8.02. The van der Waals surface area contributed by atoms with Crippen molar-refractivity contribution >= 4 is 22.1 Å². The Morgan fingerprint density at radius 2 is 1.71 bits per heavy atom. The molecular formula is C15H13NO7S. The van der Waals surface area contributed by atoms with Gasteiger partial charge in [-0.25, -0.2) is 0 Å². The first-order chi connectivity index (χ1) is 11.3. The first kappa shape index (κ1) is 17.4. The molecule has 0 fully saturated rings. The lowest BCUT2D eigenvalue weighted by molar-refractivity contribution is -0.385. The minimum atomic E-state index is -4.30. The van der Waals surface area contributed by atoms with Crippen LogP contribution in [0.5, 0.6) is 11.5 Å². The Labute approximate surface area is 137 Å². The van der Waals surface area contributed by atoms with E-state index in [-0.39, 0.29) is 10.5 Å². The van der Waals surface area contributed by atoms with Crippen LogP contribution >= 0.6 is 0 Å². The van der Waals surface area contributed by atoms with Crippen LogP contribution in [-0.2, 0) is 10.1 Å². The van der Waals surface area contributed by atoms with Gasteiger partial charge in [-0.3, -0.25) is 14.9 Å². The summed E-state index contributed by atoms with van der Waals surface area (Å²) < 4.78 is 34.6. The van der Waals surface area contributed by atoms with Gasteiger partial charge < -0.3 is 8.92 Å². The maximum atomic E-state index is 12.4. The van der Waals surface area contributed by atoms with E-state index < -0.39 is 32.2 Å². The zero-order chi connectivity index (χ0) is 17.9. The normalized spacial score (nSPS) is 10.9. The molecule has 2 aromatic rings. The van der Waals surface area contributed by atoms with Crippen LogP contribution in [-0.4, -0.2) is 26.7 Å². The number of ether oxygens (including phenoxy) is 1. The smallest absolute Gasteiger partial charge is 0.339 e. The molecule has 2 aromatic carbocycles. The number of aldehydes is 1. The molecule has 126 valence electrons. The molecule has 0 aliphatic heterocycles. The predicted octanol–water partition coefficient (Wildman–Crippen LogP) is 2.49. The van der Waals surface area contributed by atoms with Crippen molar-refractivity contribution in [1.82, 2.24) is 0 Å². The fourth-order valence-corrected chi connectivity index (χ4v) is 2.91. The second-order valence-corrected chi connectivity index (χ2v) is 6.31. The third-order valence-corrected chi connectivity index (χ3v) is 4.39. The zero-order valence-electron chi connectivity index (χ0n) is 12.8. The molecule has 2 rings (SSSR count). The van der Waals surface area contributed by atoms with Crippen molar-refractivity contribution in [3.63, 3.8) is 0 Å². The Morgan fingerprint density at radius 1 is 1.08 bits per heavy atom. The number of carbonyl (C=O) groups is 1. The zero-order valence-corrected chi connectivity index (χ0v) is 13.6. The molecule has 0 saturated heterocycles. The van der Waals surface area contributed by atoms with Crippen LogP contribution in [0.4, 0.5) is 5.69 Å². The highest BCUT2D eigenvalue weighted by Gasteiger charge is 2.28. The molecule has 0 amide bonds. The van der Waals surface area contributed by atoms with Crippen molar-refractivity contribution in [1.29, 1.82) is 0 Å². The van der Waals surface area contributed by atoms with Gasteiger partial charge in [0.05, 0.1) is 17.6 Å². The minimum absolute atomic E-state index is 0.154. The summed E-state index contributed by atoms with van der Waals surface area (Å²) in [6.45, 7) is 1.78. The van der Waals surface area contributed by atoms with Crippen LogP contribution < -0.4 is 8.92 Å². The Bertz CT molecular complexity index is 889. The highest BCUT2D eigenvalue weighted by molar-refractivity contribution is 7.87. The molecule has 0 aromatic heterocycles. The number of hydrogen-bond donors (Lipinski definition) is 0. The molecule has 0 N–H and O–H groups in total. The standard InChI is InChI=1S/C15H13NO7S/c1-10-3-6-12(7-4-10)24(20,21)23-14-11(9-17)5-8-13(16(18)19)15(14)22-2/h3-9H,1-2H3. The van der Waals surface area contributed by atoms with E-state index in [0.717, 1.165) is 24.8 Å². The number of carbonyl (C=O) groups excluding carboxylic acids is 1. The molecule has 0 aliphatic carbocycles. The summed E-state index contributed by atoms with van der Waals surface area (Å²) >= 11 is 0. The van der Waals surface area contributed by atoms with Gasteiger partial charge in [0.15, 0.2) is 6.29 Å². The fraction of sp³-hybridized carbons (Fsp3) is 0.133. The van der Waals surface area contributed by atoms with Gasteiger partial charge in [-0.15, -0.1) is 0 Å². The van der Waals surface area contributed by atoms with Crippen molar-refractivity contribution in [2.45, 2.75) is 11.8 Å². The number of nitro groups is 1. The second-order valence-electron chi connectivity index (χ2n) is 4.76. The summed E-state index contributed by atoms with van der Waals surface area (Å²) in [7, 11) is -3.19. The monoisotopic (exact) mass is 351 g/mol. The molecule has 0 atom stereocenters. The SMILES string of the molecule is COc1c([N+](=O)[O-])ccc(C=O)c1OS(=O)(=O)c1ccc(C)cc1. The lowest BCUT2D eigenvalue weighted by Crippen LogP contribution is -2.12. The maximum absolute atomic E-state index is 12.4. The van der Waals surface area contributed by atoms with Crippen LogP contribution in [0, 0.1) is 17.0 Å². The van der Waals surface area contributed by atoms with Gasteiger partial charge >= 0.3 is 15.8 Å². The summed E-state index contributed by atoms with van der Waals surface area (Å²) in [5, 5.41) is 11.0. The molecule has 0 heterocycles. The number of hydrogen-bond acceptors (Lipinski definition) is 7. The lowest BCUT2D eigenvalue weighted by atomic mass is 10.2. The number of aryl methyl sites for hydroxylation is 1. The summed E-state index contributed by atoms with van der Waals surface area (Å²) in [6.07, 6.45) is 0.326. The van der Waals surface area contributed by atoms with Gasteiger partial charge in [0, 0.05) is 6.07 Å². The summed E-state index contributed by atoms with van der Waals surface area (Å²) in [5.74, 6) is -0.970. The molecule has 24 heavy (non-hydrogen) atoms. The van der Waals surface area contributed by atoms with E-state index in [9.17, 15) is 23.3 Å². The molecule has 0 bridgehead atoms. The van der Waals surface area contributed by atoms with Gasteiger partial charge in [-0.05, 0) is 25.1 Å². The summed E-state index contributed by atoms with van der Waals surface area (Å²) in [6, 6.07) is 7.93. The molecule has 0 spiro atoms. The average Bonchev–Trinajstić information content (AvgIpc) is 2.54. The predicted molar refractivity (Wildman–Crippen MR) is 84.0 cm³/mol. The van der Waals surface area contributed by atoms with Crippen molar-refractivity contribution in [3.8, 4) is 11.5 Å². The lowest BCUT2D eigenvalue weighted by Gasteiger charge is -2.12. The van der Waals surface area contributed by atoms with Crippen molar-refractivity contribution in [2.24, 2.45) is 0 Å². The van der Waals surface area contributed by atoms with E-state index in [1.165, 1.54) is 12.1 Å². The maximum Gasteiger partial charge on any atom is 0.339 e. The largest absolute Gasteiger partial charge is 0.488 e. The van der Waals surface area contributed by atoms with Crippen LogP contribution in [0.15, 0.2) is 41.3 Å². The van der Waals surface area contributed by atoms with Gasteiger partial charge in [0.25, 0.3) is 0 Å². The van der Waals surface area contributed by atoms with Crippen molar-refractivity contribution in [3.05, 3.63) is 57.6 Å². The minimum Gasteiger partial charge on any atom is -0.488 e. The van der Waals surface area contributed by atoms with Crippen molar-refractivity contribution in [2.75, 3.05) is 7.11 Å². The third-order valence-electron chi connectivity index (χ3n) is 3.15. The Kier molecular flexibility index (Phi) is 4.84. The van der Waals surface area contributed by atoms with Crippen LogP contribution in [0.25, 0.3) is 0 Å². The number of nitro benzene ring substituents is 1. The Morgan fingerprint density at radius 3 is 2.21 bits per heavy atom. The molecule has 8 nitrogen and oxygen atoms in total. The second kappa shape index (κ2) is 6.67. The highest BCUT2D eigenvalue weighted by atomic mass is 32.2.